The van der Waals surface area contributed by atoms with Gasteiger partial charge in [-0.25, -0.2) is 19.9 Å². The Morgan fingerprint density at radius 3 is 2.59 bits per heavy atom. The first-order valence-corrected chi connectivity index (χ1v) is 6.84. The van der Waals surface area contributed by atoms with E-state index in [-0.39, 0.29) is 0 Å². The van der Waals surface area contributed by atoms with Crippen LogP contribution in [0.25, 0.3) is 11.3 Å². The second-order valence-corrected chi connectivity index (χ2v) is 4.74. The minimum Gasteiger partial charge on any atom is -0.481 e. The minimum atomic E-state index is 0.445. The maximum absolute atomic E-state index is 5.79. The maximum atomic E-state index is 5.79. The van der Waals surface area contributed by atoms with Crippen molar-refractivity contribution in [2.75, 3.05) is 12.4 Å². The second kappa shape index (κ2) is 6.36. The first kappa shape index (κ1) is 14.2. The van der Waals surface area contributed by atoms with Crippen LogP contribution < -0.4 is 10.1 Å². The van der Waals surface area contributed by atoms with Crippen LogP contribution >= 0.6 is 11.6 Å². The first-order valence-electron chi connectivity index (χ1n) is 6.46. The summed E-state index contributed by atoms with van der Waals surface area (Å²) in [6.07, 6.45) is 5.00. The van der Waals surface area contributed by atoms with Gasteiger partial charge in [0, 0.05) is 24.0 Å². The van der Waals surface area contributed by atoms with Crippen molar-refractivity contribution in [1.29, 1.82) is 0 Å². The number of halogens is 1. The molecule has 0 radical (unpaired) electrons. The van der Waals surface area contributed by atoms with Crippen LogP contribution in [0.4, 0.5) is 11.6 Å². The molecule has 0 unspecified atom stereocenters. The third kappa shape index (κ3) is 3.29. The summed E-state index contributed by atoms with van der Waals surface area (Å²) in [7, 11) is 1.57. The van der Waals surface area contributed by atoms with Crippen molar-refractivity contribution in [2.24, 2.45) is 0 Å². The minimum absolute atomic E-state index is 0.445. The first-order chi connectivity index (χ1) is 10.7. The van der Waals surface area contributed by atoms with Crippen LogP contribution in [-0.4, -0.2) is 27.0 Å². The number of ether oxygens (including phenoxy) is 1. The molecule has 0 aliphatic carbocycles. The van der Waals surface area contributed by atoms with Crippen LogP contribution in [0.5, 0.6) is 5.88 Å². The van der Waals surface area contributed by atoms with Crippen molar-refractivity contribution in [2.45, 2.75) is 0 Å². The van der Waals surface area contributed by atoms with E-state index in [0.29, 0.717) is 17.0 Å². The number of aromatic nitrogens is 4. The Labute approximate surface area is 132 Å². The molecule has 0 saturated carbocycles. The van der Waals surface area contributed by atoms with E-state index in [1.165, 1.54) is 0 Å². The molecule has 22 heavy (non-hydrogen) atoms. The summed E-state index contributed by atoms with van der Waals surface area (Å²) in [6, 6.07) is 8.99. The highest BCUT2D eigenvalue weighted by Gasteiger charge is 2.04. The van der Waals surface area contributed by atoms with Crippen molar-refractivity contribution in [3.63, 3.8) is 0 Å². The average Bonchev–Trinajstić information content (AvgIpc) is 2.56. The molecule has 6 nitrogen and oxygen atoms in total. The Bertz CT molecular complexity index is 762. The fourth-order valence-electron chi connectivity index (χ4n) is 1.81. The van der Waals surface area contributed by atoms with Gasteiger partial charge in [0.15, 0.2) is 0 Å². The Balaban J connectivity index is 1.82. The number of hydrogen-bond donors (Lipinski definition) is 1. The van der Waals surface area contributed by atoms with Gasteiger partial charge in [-0.2, -0.15) is 0 Å². The fourth-order valence-corrected chi connectivity index (χ4v) is 1.92. The zero-order chi connectivity index (χ0) is 15.4. The molecular formula is C15H12ClN5O. The molecule has 0 saturated heterocycles. The highest BCUT2D eigenvalue weighted by molar-refractivity contribution is 6.29. The summed E-state index contributed by atoms with van der Waals surface area (Å²) in [4.78, 5) is 16.8. The molecule has 3 rings (SSSR count). The Morgan fingerprint density at radius 1 is 1.00 bits per heavy atom. The molecule has 0 amide bonds. The Kier molecular flexibility index (Phi) is 4.11. The van der Waals surface area contributed by atoms with Gasteiger partial charge in [-0.15, -0.1) is 0 Å². The van der Waals surface area contributed by atoms with E-state index in [4.69, 9.17) is 16.3 Å². The normalized spacial score (nSPS) is 10.3. The number of hydrogen-bond acceptors (Lipinski definition) is 6. The fraction of sp³-hybridized carbons (Fsp3) is 0.0667. The molecule has 0 spiro atoms. The van der Waals surface area contributed by atoms with Gasteiger partial charge >= 0.3 is 0 Å². The summed E-state index contributed by atoms with van der Waals surface area (Å²) < 4.78 is 5.02. The number of nitrogens with one attached hydrogen (secondary N) is 1. The number of nitrogens with zero attached hydrogens (tertiary/aromatic N) is 4. The quantitative estimate of drug-likeness (QED) is 0.745. The van der Waals surface area contributed by atoms with Crippen molar-refractivity contribution in [3.05, 3.63) is 54.1 Å². The van der Waals surface area contributed by atoms with E-state index in [0.717, 1.165) is 16.9 Å². The summed E-state index contributed by atoms with van der Waals surface area (Å²) in [6.45, 7) is 0. The molecule has 0 atom stereocenters. The van der Waals surface area contributed by atoms with E-state index in [1.807, 2.05) is 18.2 Å². The van der Waals surface area contributed by atoms with Gasteiger partial charge in [-0.1, -0.05) is 11.6 Å². The summed E-state index contributed by atoms with van der Waals surface area (Å²) >= 11 is 5.79. The lowest BCUT2D eigenvalue weighted by Crippen LogP contribution is -1.98. The summed E-state index contributed by atoms with van der Waals surface area (Å²) in [5, 5.41) is 3.53. The highest BCUT2D eigenvalue weighted by Crippen LogP contribution is 2.20. The molecule has 0 fully saturated rings. The predicted octanol–water partition coefficient (Wildman–Crippen LogP) is 3.34. The van der Waals surface area contributed by atoms with Crippen LogP contribution in [0.15, 0.2) is 48.9 Å². The average molecular weight is 314 g/mol. The van der Waals surface area contributed by atoms with E-state index in [2.05, 4.69) is 25.3 Å². The molecule has 0 aliphatic rings. The largest absolute Gasteiger partial charge is 0.481 e. The topological polar surface area (TPSA) is 72.8 Å². The van der Waals surface area contributed by atoms with Crippen LogP contribution in [0.2, 0.25) is 5.15 Å². The zero-order valence-electron chi connectivity index (χ0n) is 11.7. The second-order valence-electron chi connectivity index (χ2n) is 4.35. The standard InChI is InChI=1S/C15H12ClN5O/c1-22-14-5-3-11(9-19-14)20-15-17-7-6-12(21-15)10-2-4-13(16)18-8-10/h2-9H,1H3,(H,17,20,21). The van der Waals surface area contributed by atoms with E-state index in [1.54, 1.807) is 37.8 Å². The van der Waals surface area contributed by atoms with Gasteiger partial charge in [0.2, 0.25) is 11.8 Å². The molecular weight excluding hydrogens is 302 g/mol. The lowest BCUT2D eigenvalue weighted by molar-refractivity contribution is 0.398. The molecule has 0 aromatic carbocycles. The van der Waals surface area contributed by atoms with Crippen LogP contribution in [0, 0.1) is 0 Å². The molecule has 1 N–H and O–H groups in total. The zero-order valence-corrected chi connectivity index (χ0v) is 12.4. The third-order valence-electron chi connectivity index (χ3n) is 2.88. The van der Waals surface area contributed by atoms with Gasteiger partial charge < -0.3 is 10.1 Å². The van der Waals surface area contributed by atoms with Crippen LogP contribution in [0.1, 0.15) is 0 Å². The lowest BCUT2D eigenvalue weighted by atomic mass is 10.2. The highest BCUT2D eigenvalue weighted by atomic mass is 35.5. The van der Waals surface area contributed by atoms with Crippen molar-refractivity contribution in [1.82, 2.24) is 19.9 Å². The number of pyridine rings is 2. The molecule has 3 aromatic rings. The van der Waals surface area contributed by atoms with Gasteiger partial charge in [0.05, 0.1) is 24.7 Å². The van der Waals surface area contributed by atoms with Crippen molar-refractivity contribution >= 4 is 23.2 Å². The van der Waals surface area contributed by atoms with Gasteiger partial charge in [-0.3, -0.25) is 0 Å². The Morgan fingerprint density at radius 2 is 1.91 bits per heavy atom. The van der Waals surface area contributed by atoms with Gasteiger partial charge in [-0.05, 0) is 24.3 Å². The number of rotatable bonds is 4. The number of anilines is 2. The molecule has 0 aliphatic heterocycles. The molecule has 110 valence electrons. The van der Waals surface area contributed by atoms with E-state index >= 15 is 0 Å². The third-order valence-corrected chi connectivity index (χ3v) is 3.10. The van der Waals surface area contributed by atoms with Crippen LogP contribution in [-0.2, 0) is 0 Å². The molecule has 3 aromatic heterocycles. The van der Waals surface area contributed by atoms with Gasteiger partial charge in [0.1, 0.15) is 5.15 Å². The SMILES string of the molecule is COc1ccc(Nc2nccc(-c3ccc(Cl)nc3)n2)cn1. The molecule has 3 heterocycles. The van der Waals surface area contributed by atoms with E-state index < -0.39 is 0 Å². The predicted molar refractivity (Wildman–Crippen MR) is 84.3 cm³/mol. The van der Waals surface area contributed by atoms with E-state index in [9.17, 15) is 0 Å². The molecule has 7 heteroatoms. The molecule has 0 bridgehead atoms. The summed E-state index contributed by atoms with van der Waals surface area (Å²) in [5.74, 6) is 1.02. The lowest BCUT2D eigenvalue weighted by Gasteiger charge is -2.07. The number of methoxy groups -OCH3 is 1. The summed E-state index contributed by atoms with van der Waals surface area (Å²) in [5.41, 5.74) is 2.39. The maximum Gasteiger partial charge on any atom is 0.227 e. The van der Waals surface area contributed by atoms with Gasteiger partial charge in [0.25, 0.3) is 0 Å². The monoisotopic (exact) mass is 313 g/mol. The van der Waals surface area contributed by atoms with Crippen molar-refractivity contribution < 1.29 is 4.74 Å². The smallest absolute Gasteiger partial charge is 0.227 e. The Hall–Kier alpha value is -2.73. The van der Waals surface area contributed by atoms with Crippen LogP contribution in [0.3, 0.4) is 0 Å². The van der Waals surface area contributed by atoms with Crippen molar-refractivity contribution in [3.8, 4) is 17.1 Å².